The number of carbonyl (C=O) groups excluding carboxylic acids is 2. The number of pyridine rings is 1. The van der Waals surface area contributed by atoms with E-state index in [4.69, 9.17) is 15.9 Å². The van der Waals surface area contributed by atoms with Crippen molar-refractivity contribution >= 4 is 23.6 Å². The minimum Gasteiger partial charge on any atom is -0.504 e. The van der Waals surface area contributed by atoms with Gasteiger partial charge >= 0.3 is 0 Å². The Kier molecular flexibility index (Phi) is 6.07. The van der Waals surface area contributed by atoms with Crippen LogP contribution in [0.1, 0.15) is 60.6 Å². The van der Waals surface area contributed by atoms with Gasteiger partial charge in [-0.2, -0.15) is 0 Å². The summed E-state index contributed by atoms with van der Waals surface area (Å²) >= 11 is 0. The Balaban J connectivity index is 1.85. The quantitative estimate of drug-likeness (QED) is 0.471. The average Bonchev–Trinajstić information content (AvgIpc) is 3.02. The van der Waals surface area contributed by atoms with Gasteiger partial charge in [-0.15, -0.1) is 0 Å². The number of amidine groups is 1. The maximum Gasteiger partial charge on any atom is 0.244 e. The number of aromatic nitrogens is 1. The van der Waals surface area contributed by atoms with Gasteiger partial charge in [-0.05, 0) is 36.6 Å². The highest BCUT2D eigenvalue weighted by molar-refractivity contribution is 6.05. The molecule has 2 aromatic rings. The van der Waals surface area contributed by atoms with E-state index >= 15 is 0 Å². The molecule has 3 rings (SSSR count). The summed E-state index contributed by atoms with van der Waals surface area (Å²) in [5.41, 5.74) is 8.10. The SMILES string of the molecule is COc1cc(C(=O)CN2Cc3ccc(C=C(C)C(N)=O)nc3C2=N)cc(C(C)(C)C)c1O. The van der Waals surface area contributed by atoms with E-state index in [0.717, 1.165) is 5.56 Å². The van der Waals surface area contributed by atoms with Gasteiger partial charge in [0.1, 0.15) is 11.5 Å². The number of carbonyl (C=O) groups is 2. The first-order valence-electron chi connectivity index (χ1n) is 10.2. The Bertz CT molecular complexity index is 1150. The molecule has 0 fully saturated rings. The van der Waals surface area contributed by atoms with Crippen molar-refractivity contribution in [3.63, 3.8) is 0 Å². The molecule has 0 atom stereocenters. The van der Waals surface area contributed by atoms with Gasteiger partial charge in [0.05, 0.1) is 19.3 Å². The Morgan fingerprint density at radius 2 is 2.00 bits per heavy atom. The maximum atomic E-state index is 13.1. The second-order valence-electron chi connectivity index (χ2n) is 8.89. The zero-order chi connectivity index (χ0) is 23.8. The topological polar surface area (TPSA) is 130 Å². The van der Waals surface area contributed by atoms with Crippen LogP contribution < -0.4 is 10.5 Å². The lowest BCUT2D eigenvalue weighted by atomic mass is 9.84. The number of fused-ring (bicyclic) bond motifs is 1. The number of ether oxygens (including phenoxy) is 1. The number of methoxy groups -OCH3 is 1. The number of amides is 1. The summed E-state index contributed by atoms with van der Waals surface area (Å²) in [6.45, 7) is 7.80. The first-order valence-corrected chi connectivity index (χ1v) is 10.2. The molecule has 1 aromatic carbocycles. The number of nitrogens with two attached hydrogens (primary N) is 1. The van der Waals surface area contributed by atoms with Crippen molar-refractivity contribution < 1.29 is 19.4 Å². The Hall–Kier alpha value is -3.68. The molecule has 0 saturated heterocycles. The number of phenolic OH excluding ortho intramolecular Hbond substituents is 1. The maximum absolute atomic E-state index is 13.1. The van der Waals surface area contributed by atoms with Gasteiger partial charge in [0.2, 0.25) is 5.91 Å². The third kappa shape index (κ3) is 4.49. The molecule has 1 amide bonds. The fraction of sp³-hybridized carbons (Fsp3) is 0.333. The third-order valence-corrected chi connectivity index (χ3v) is 5.41. The number of ketones is 1. The number of benzene rings is 1. The smallest absolute Gasteiger partial charge is 0.244 e. The standard InChI is InChI=1S/C24H28N4O4/c1-13(23(26)31)8-16-7-6-14-11-28(22(25)20(14)27-16)12-18(29)15-9-17(24(2,3)4)21(30)19(10-15)32-5/h6-10,25,30H,11-12H2,1-5H3,(H2,26,31). The van der Waals surface area contributed by atoms with E-state index < -0.39 is 5.91 Å². The first kappa shape index (κ1) is 23.0. The van der Waals surface area contributed by atoms with Gasteiger partial charge in [-0.1, -0.05) is 26.8 Å². The molecule has 0 bridgehead atoms. The molecule has 32 heavy (non-hydrogen) atoms. The molecule has 0 saturated carbocycles. The number of phenols is 1. The van der Waals surface area contributed by atoms with Crippen molar-refractivity contribution in [3.8, 4) is 11.5 Å². The van der Waals surface area contributed by atoms with E-state index in [2.05, 4.69) is 4.98 Å². The molecule has 8 nitrogen and oxygen atoms in total. The van der Waals surface area contributed by atoms with Crippen LogP contribution in [0.5, 0.6) is 11.5 Å². The van der Waals surface area contributed by atoms with Gasteiger partial charge in [-0.3, -0.25) is 15.0 Å². The van der Waals surface area contributed by atoms with E-state index in [9.17, 15) is 14.7 Å². The van der Waals surface area contributed by atoms with Crippen molar-refractivity contribution in [1.29, 1.82) is 5.41 Å². The monoisotopic (exact) mass is 436 g/mol. The first-order chi connectivity index (χ1) is 14.9. The van der Waals surface area contributed by atoms with Gasteiger partial charge in [0.25, 0.3) is 0 Å². The Labute approximate surface area is 187 Å². The molecule has 168 valence electrons. The predicted octanol–water partition coefficient (Wildman–Crippen LogP) is 3.01. The van der Waals surface area contributed by atoms with E-state index in [-0.39, 0.29) is 35.1 Å². The zero-order valence-electron chi connectivity index (χ0n) is 18.9. The largest absolute Gasteiger partial charge is 0.504 e. The van der Waals surface area contributed by atoms with E-state index in [1.165, 1.54) is 13.2 Å². The van der Waals surface area contributed by atoms with Crippen LogP contribution >= 0.6 is 0 Å². The number of hydrogen-bond acceptors (Lipinski definition) is 6. The second kappa shape index (κ2) is 8.45. The van der Waals surface area contributed by atoms with E-state index in [1.54, 1.807) is 30.0 Å². The molecule has 0 radical (unpaired) electrons. The van der Waals surface area contributed by atoms with Crippen LogP contribution in [0.15, 0.2) is 29.8 Å². The normalized spacial score (nSPS) is 13.8. The lowest BCUT2D eigenvalue weighted by molar-refractivity contribution is -0.114. The van der Waals surface area contributed by atoms with Crippen molar-refractivity contribution in [3.05, 3.63) is 57.9 Å². The van der Waals surface area contributed by atoms with Crippen molar-refractivity contribution in [1.82, 2.24) is 9.88 Å². The minimum atomic E-state index is -0.534. The van der Waals surface area contributed by atoms with Crippen LogP contribution in [-0.2, 0) is 16.8 Å². The van der Waals surface area contributed by atoms with Crippen LogP contribution in [0.25, 0.3) is 6.08 Å². The average molecular weight is 437 g/mol. The molecule has 1 aliphatic heterocycles. The van der Waals surface area contributed by atoms with Crippen molar-refractivity contribution in [2.75, 3.05) is 13.7 Å². The highest BCUT2D eigenvalue weighted by Gasteiger charge is 2.29. The lowest BCUT2D eigenvalue weighted by Gasteiger charge is -2.23. The number of nitrogens with one attached hydrogen (secondary N) is 1. The number of aromatic hydroxyl groups is 1. The molecule has 0 aliphatic carbocycles. The van der Waals surface area contributed by atoms with Gasteiger partial charge in [0.15, 0.2) is 17.3 Å². The molecule has 1 aliphatic rings. The highest BCUT2D eigenvalue weighted by atomic mass is 16.5. The number of Topliss-reactive ketones (excluding diaryl/α,β-unsaturated/α-hetero) is 1. The van der Waals surface area contributed by atoms with E-state index in [0.29, 0.717) is 34.6 Å². The molecular weight excluding hydrogens is 408 g/mol. The lowest BCUT2D eigenvalue weighted by Crippen LogP contribution is -2.30. The minimum absolute atomic E-state index is 0.0157. The number of nitrogens with zero attached hydrogens (tertiary/aromatic N) is 2. The van der Waals surface area contributed by atoms with Crippen LogP contribution in [-0.4, -0.2) is 46.2 Å². The van der Waals surface area contributed by atoms with Crippen LogP contribution in [0, 0.1) is 5.41 Å². The summed E-state index contributed by atoms with van der Waals surface area (Å²) < 4.78 is 5.27. The summed E-state index contributed by atoms with van der Waals surface area (Å²) in [6.07, 6.45) is 1.57. The molecule has 0 spiro atoms. The summed E-state index contributed by atoms with van der Waals surface area (Å²) in [6, 6.07) is 6.79. The molecule has 0 unspecified atom stereocenters. The zero-order valence-corrected chi connectivity index (χ0v) is 18.9. The molecule has 1 aromatic heterocycles. The van der Waals surface area contributed by atoms with Gasteiger partial charge < -0.3 is 20.5 Å². The molecule has 4 N–H and O–H groups in total. The summed E-state index contributed by atoms with van der Waals surface area (Å²) in [5, 5.41) is 19.0. The Morgan fingerprint density at radius 1 is 1.31 bits per heavy atom. The number of hydrogen-bond donors (Lipinski definition) is 3. The fourth-order valence-electron chi connectivity index (χ4n) is 3.54. The predicted molar refractivity (Wildman–Crippen MR) is 122 cm³/mol. The summed E-state index contributed by atoms with van der Waals surface area (Å²) in [5.74, 6) is -0.330. The molecular formula is C24H28N4O4. The van der Waals surface area contributed by atoms with Crippen molar-refractivity contribution in [2.45, 2.75) is 39.7 Å². The number of rotatable bonds is 6. The van der Waals surface area contributed by atoms with Crippen molar-refractivity contribution in [2.24, 2.45) is 5.73 Å². The molecule has 2 heterocycles. The van der Waals surface area contributed by atoms with E-state index in [1.807, 2.05) is 26.8 Å². The summed E-state index contributed by atoms with van der Waals surface area (Å²) in [7, 11) is 1.44. The third-order valence-electron chi connectivity index (χ3n) is 5.41. The van der Waals surface area contributed by atoms with Crippen LogP contribution in [0.2, 0.25) is 0 Å². The second-order valence-corrected chi connectivity index (χ2v) is 8.89. The van der Waals surface area contributed by atoms with Gasteiger partial charge in [-0.25, -0.2) is 4.98 Å². The fourth-order valence-corrected chi connectivity index (χ4v) is 3.54. The van der Waals surface area contributed by atoms with Crippen LogP contribution in [0.3, 0.4) is 0 Å². The van der Waals surface area contributed by atoms with Crippen LogP contribution in [0.4, 0.5) is 0 Å². The molecule has 8 heteroatoms. The number of primary amides is 1. The summed E-state index contributed by atoms with van der Waals surface area (Å²) in [4.78, 5) is 30.5. The Morgan fingerprint density at radius 3 is 2.59 bits per heavy atom. The van der Waals surface area contributed by atoms with Gasteiger partial charge in [0, 0.05) is 28.8 Å². The highest BCUT2D eigenvalue weighted by Crippen LogP contribution is 2.39.